The minimum absolute atomic E-state index is 0.398. The molecule has 14 heavy (non-hydrogen) atoms. The lowest BCUT2D eigenvalue weighted by molar-refractivity contribution is 0.702. The van der Waals surface area contributed by atoms with Gasteiger partial charge in [-0.15, -0.1) is 21.5 Å². The largest absolute Gasteiger partial charge is 0.143 e. The van der Waals surface area contributed by atoms with E-state index >= 15 is 0 Å². The molecule has 0 radical (unpaired) electrons. The topological polar surface area (TPSA) is 25.8 Å². The highest BCUT2D eigenvalue weighted by molar-refractivity contribution is 9.09. The van der Waals surface area contributed by atoms with Gasteiger partial charge in [0.05, 0.1) is 4.83 Å². The minimum atomic E-state index is 0.398. The van der Waals surface area contributed by atoms with E-state index in [1.165, 1.54) is 30.7 Å². The lowest BCUT2D eigenvalue weighted by Gasteiger charge is -2.01. The standard InChI is InChI=1S/C10H15BrN2S/c1-2-8(11)10-13-12-9(14-10)7-5-3-4-6-7/h7-8H,2-6H2,1H3. The van der Waals surface area contributed by atoms with E-state index in [1.807, 2.05) is 0 Å². The summed E-state index contributed by atoms with van der Waals surface area (Å²) in [7, 11) is 0. The Morgan fingerprint density at radius 3 is 2.79 bits per heavy atom. The number of alkyl halides is 1. The van der Waals surface area contributed by atoms with E-state index in [-0.39, 0.29) is 0 Å². The van der Waals surface area contributed by atoms with Crippen LogP contribution in [-0.4, -0.2) is 10.2 Å². The zero-order valence-corrected chi connectivity index (χ0v) is 10.8. The summed E-state index contributed by atoms with van der Waals surface area (Å²) in [6.07, 6.45) is 6.44. The Bertz CT molecular complexity index is 294. The first kappa shape index (κ1) is 10.6. The van der Waals surface area contributed by atoms with Crippen LogP contribution in [0, 0.1) is 0 Å². The monoisotopic (exact) mass is 274 g/mol. The average molecular weight is 275 g/mol. The van der Waals surface area contributed by atoms with E-state index in [2.05, 4.69) is 33.1 Å². The smallest absolute Gasteiger partial charge is 0.131 e. The maximum atomic E-state index is 4.31. The molecule has 0 spiro atoms. The molecule has 0 N–H and O–H groups in total. The second kappa shape index (κ2) is 4.71. The lowest BCUT2D eigenvalue weighted by atomic mass is 10.1. The molecule has 0 bridgehead atoms. The summed E-state index contributed by atoms with van der Waals surface area (Å²) < 4.78 is 0. The highest BCUT2D eigenvalue weighted by Gasteiger charge is 2.22. The van der Waals surface area contributed by atoms with Gasteiger partial charge >= 0.3 is 0 Å². The Kier molecular flexibility index (Phi) is 3.55. The van der Waals surface area contributed by atoms with Crippen molar-refractivity contribution in [1.82, 2.24) is 10.2 Å². The quantitative estimate of drug-likeness (QED) is 0.778. The molecule has 1 saturated carbocycles. The van der Waals surface area contributed by atoms with Gasteiger partial charge in [0.2, 0.25) is 0 Å². The van der Waals surface area contributed by atoms with Crippen molar-refractivity contribution in [3.63, 3.8) is 0 Å². The van der Waals surface area contributed by atoms with E-state index in [4.69, 9.17) is 0 Å². The van der Waals surface area contributed by atoms with E-state index in [0.29, 0.717) is 10.7 Å². The molecular formula is C10H15BrN2S. The molecule has 1 aliphatic rings. The van der Waals surface area contributed by atoms with Crippen LogP contribution in [0.2, 0.25) is 0 Å². The van der Waals surface area contributed by atoms with Gasteiger partial charge in [0, 0.05) is 5.92 Å². The van der Waals surface area contributed by atoms with Gasteiger partial charge in [-0.3, -0.25) is 0 Å². The first-order valence-electron chi connectivity index (χ1n) is 5.28. The third kappa shape index (κ3) is 2.16. The molecule has 1 unspecified atom stereocenters. The van der Waals surface area contributed by atoms with E-state index < -0.39 is 0 Å². The second-order valence-electron chi connectivity index (χ2n) is 3.84. The fraction of sp³-hybridized carbons (Fsp3) is 0.800. The van der Waals surface area contributed by atoms with Crippen molar-refractivity contribution in [2.24, 2.45) is 0 Å². The number of nitrogens with zero attached hydrogens (tertiary/aromatic N) is 2. The first-order chi connectivity index (χ1) is 6.81. The van der Waals surface area contributed by atoms with Gasteiger partial charge in [-0.05, 0) is 19.3 Å². The maximum Gasteiger partial charge on any atom is 0.131 e. The van der Waals surface area contributed by atoms with Gasteiger partial charge in [-0.2, -0.15) is 0 Å². The molecule has 0 saturated heterocycles. The summed E-state index contributed by atoms with van der Waals surface area (Å²) in [5.74, 6) is 0.706. The normalized spacial score (nSPS) is 20.1. The van der Waals surface area contributed by atoms with Crippen LogP contribution >= 0.6 is 27.3 Å². The molecule has 1 aliphatic carbocycles. The predicted octanol–water partition coefficient (Wildman–Crippen LogP) is 4.04. The van der Waals surface area contributed by atoms with Gasteiger partial charge in [-0.25, -0.2) is 0 Å². The van der Waals surface area contributed by atoms with E-state index in [0.717, 1.165) is 11.4 Å². The van der Waals surface area contributed by atoms with E-state index in [1.54, 1.807) is 11.3 Å². The van der Waals surface area contributed by atoms with Gasteiger partial charge in [0.25, 0.3) is 0 Å². The van der Waals surface area contributed by atoms with Crippen molar-refractivity contribution in [3.05, 3.63) is 10.0 Å². The Balaban J connectivity index is 2.08. The van der Waals surface area contributed by atoms with Crippen molar-refractivity contribution >= 4 is 27.3 Å². The molecule has 0 amide bonds. The SMILES string of the molecule is CCC(Br)c1nnc(C2CCCC2)s1. The van der Waals surface area contributed by atoms with Gasteiger partial charge < -0.3 is 0 Å². The molecule has 4 heteroatoms. The molecule has 1 aromatic heterocycles. The van der Waals surface area contributed by atoms with Crippen LogP contribution < -0.4 is 0 Å². The first-order valence-corrected chi connectivity index (χ1v) is 7.02. The third-order valence-electron chi connectivity index (χ3n) is 2.79. The summed E-state index contributed by atoms with van der Waals surface area (Å²) in [4.78, 5) is 0.398. The molecule has 2 rings (SSSR count). The molecule has 1 fully saturated rings. The fourth-order valence-corrected chi connectivity index (χ4v) is 3.33. The summed E-state index contributed by atoms with van der Waals surface area (Å²) in [6, 6.07) is 0. The van der Waals surface area contributed by atoms with Crippen molar-refractivity contribution < 1.29 is 0 Å². The highest BCUT2D eigenvalue weighted by atomic mass is 79.9. The average Bonchev–Trinajstić information content (AvgIpc) is 2.86. The van der Waals surface area contributed by atoms with Gasteiger partial charge in [-0.1, -0.05) is 35.7 Å². The lowest BCUT2D eigenvalue weighted by Crippen LogP contribution is -1.90. The summed E-state index contributed by atoms with van der Waals surface area (Å²) in [5.41, 5.74) is 0. The van der Waals surface area contributed by atoms with Crippen LogP contribution in [0.3, 0.4) is 0 Å². The summed E-state index contributed by atoms with van der Waals surface area (Å²) in [5, 5.41) is 11.0. The van der Waals surface area contributed by atoms with Crippen LogP contribution in [0.5, 0.6) is 0 Å². The third-order valence-corrected chi connectivity index (χ3v) is 5.37. The number of aromatic nitrogens is 2. The Morgan fingerprint density at radius 1 is 1.43 bits per heavy atom. The van der Waals surface area contributed by atoms with Crippen molar-refractivity contribution in [2.45, 2.75) is 49.8 Å². The number of hydrogen-bond acceptors (Lipinski definition) is 3. The summed E-state index contributed by atoms with van der Waals surface area (Å²) >= 11 is 5.41. The van der Waals surface area contributed by atoms with Gasteiger partial charge in [0.15, 0.2) is 0 Å². The maximum absolute atomic E-state index is 4.31. The Morgan fingerprint density at radius 2 is 2.14 bits per heavy atom. The van der Waals surface area contributed by atoms with Crippen molar-refractivity contribution in [3.8, 4) is 0 Å². The van der Waals surface area contributed by atoms with Crippen LogP contribution in [-0.2, 0) is 0 Å². The number of rotatable bonds is 3. The zero-order valence-electron chi connectivity index (χ0n) is 8.37. The highest BCUT2D eigenvalue weighted by Crippen LogP contribution is 2.38. The van der Waals surface area contributed by atoms with E-state index in [9.17, 15) is 0 Å². The van der Waals surface area contributed by atoms with Gasteiger partial charge in [0.1, 0.15) is 10.0 Å². The molecule has 0 aromatic carbocycles. The minimum Gasteiger partial charge on any atom is -0.143 e. The van der Waals surface area contributed by atoms with Crippen LogP contribution in [0.4, 0.5) is 0 Å². The van der Waals surface area contributed by atoms with Crippen LogP contribution in [0.1, 0.15) is 59.8 Å². The Labute approximate surface area is 97.3 Å². The molecule has 1 aromatic rings. The number of halogens is 1. The zero-order chi connectivity index (χ0) is 9.97. The Hall–Kier alpha value is 0.0400. The molecule has 0 aliphatic heterocycles. The van der Waals surface area contributed by atoms with Crippen LogP contribution in [0.25, 0.3) is 0 Å². The van der Waals surface area contributed by atoms with Crippen molar-refractivity contribution in [2.75, 3.05) is 0 Å². The fourth-order valence-electron chi connectivity index (χ4n) is 1.89. The molecule has 78 valence electrons. The molecular weight excluding hydrogens is 260 g/mol. The second-order valence-corrected chi connectivity index (χ2v) is 5.98. The summed E-state index contributed by atoms with van der Waals surface area (Å²) in [6.45, 7) is 2.16. The molecule has 1 heterocycles. The van der Waals surface area contributed by atoms with Crippen molar-refractivity contribution in [1.29, 1.82) is 0 Å². The molecule has 1 atom stereocenters. The number of hydrogen-bond donors (Lipinski definition) is 0. The predicted molar refractivity (Wildman–Crippen MR) is 63.1 cm³/mol. The van der Waals surface area contributed by atoms with Crippen LogP contribution in [0.15, 0.2) is 0 Å². The molecule has 2 nitrogen and oxygen atoms in total.